The predicted octanol–water partition coefficient (Wildman–Crippen LogP) is 3.16. The largest absolute Gasteiger partial charge is 0.454 e. The zero-order valence-electron chi connectivity index (χ0n) is 16.6. The van der Waals surface area contributed by atoms with Gasteiger partial charge in [0, 0.05) is 36.5 Å². The molecule has 0 radical (unpaired) electrons. The van der Waals surface area contributed by atoms with Gasteiger partial charge in [-0.15, -0.1) is 0 Å². The fourth-order valence-corrected chi connectivity index (χ4v) is 3.41. The molecule has 3 rings (SSSR count). The van der Waals surface area contributed by atoms with Gasteiger partial charge in [-0.1, -0.05) is 24.3 Å². The van der Waals surface area contributed by atoms with Crippen molar-refractivity contribution in [3.05, 3.63) is 58.4 Å². The van der Waals surface area contributed by atoms with Gasteiger partial charge in [0.1, 0.15) is 0 Å². The summed E-state index contributed by atoms with van der Waals surface area (Å²) in [6.45, 7) is 5.66. The highest BCUT2D eigenvalue weighted by atomic mass is 16.5. The standard InChI is InChI=1S/C22H26N2O4/c1-14-12-20(15(2)24(14)19-8-9-19)22(27)28-13-21(26)18-6-4-17(5-7-18)10-11-23-16(3)25/h4-7,12,19H,8-11,13H2,1-3H3,(H,23,25). The van der Waals surface area contributed by atoms with E-state index in [0.29, 0.717) is 30.1 Å². The van der Waals surface area contributed by atoms with Crippen molar-refractivity contribution in [1.29, 1.82) is 0 Å². The normalized spacial score (nSPS) is 13.2. The van der Waals surface area contributed by atoms with Crippen molar-refractivity contribution in [2.24, 2.45) is 0 Å². The average Bonchev–Trinajstić information content (AvgIpc) is 3.44. The van der Waals surface area contributed by atoms with Crippen LogP contribution in [0.1, 0.15) is 63.5 Å². The van der Waals surface area contributed by atoms with Gasteiger partial charge in [0.2, 0.25) is 5.91 Å². The number of benzene rings is 1. The van der Waals surface area contributed by atoms with E-state index in [2.05, 4.69) is 9.88 Å². The van der Waals surface area contributed by atoms with Crippen LogP contribution in [0.3, 0.4) is 0 Å². The van der Waals surface area contributed by atoms with Gasteiger partial charge in [0.05, 0.1) is 5.56 Å². The summed E-state index contributed by atoms with van der Waals surface area (Å²) < 4.78 is 7.44. The number of carbonyl (C=O) groups is 3. The van der Waals surface area contributed by atoms with Gasteiger partial charge >= 0.3 is 5.97 Å². The second-order valence-corrected chi connectivity index (χ2v) is 7.32. The van der Waals surface area contributed by atoms with Crippen LogP contribution in [-0.2, 0) is 16.0 Å². The van der Waals surface area contributed by atoms with E-state index < -0.39 is 5.97 Å². The Bertz CT molecular complexity index is 892. The van der Waals surface area contributed by atoms with Gasteiger partial charge < -0.3 is 14.6 Å². The summed E-state index contributed by atoms with van der Waals surface area (Å²) in [6, 6.07) is 9.47. The minimum absolute atomic E-state index is 0.0634. The SMILES string of the molecule is CC(=O)NCCc1ccc(C(=O)COC(=O)c2cc(C)n(C3CC3)c2C)cc1. The zero-order chi connectivity index (χ0) is 20.3. The number of nitrogens with zero attached hydrogens (tertiary/aromatic N) is 1. The number of rotatable bonds is 8. The summed E-state index contributed by atoms with van der Waals surface area (Å²) in [6.07, 6.45) is 2.98. The Balaban J connectivity index is 1.54. The van der Waals surface area contributed by atoms with Crippen LogP contribution in [0.4, 0.5) is 0 Å². The fourth-order valence-electron chi connectivity index (χ4n) is 3.41. The van der Waals surface area contributed by atoms with E-state index in [-0.39, 0.29) is 18.3 Å². The minimum atomic E-state index is -0.458. The third kappa shape index (κ3) is 4.68. The number of hydrogen-bond donors (Lipinski definition) is 1. The first kappa shape index (κ1) is 19.9. The minimum Gasteiger partial charge on any atom is -0.454 e. The molecule has 1 aromatic heterocycles. The van der Waals surface area contributed by atoms with Gasteiger partial charge in [-0.3, -0.25) is 9.59 Å². The highest BCUT2D eigenvalue weighted by molar-refractivity contribution is 5.99. The summed E-state index contributed by atoms with van der Waals surface area (Å²) in [5.41, 5.74) is 4.01. The molecular weight excluding hydrogens is 356 g/mol. The molecule has 1 amide bonds. The molecule has 1 aromatic carbocycles. The first-order chi connectivity index (χ1) is 13.4. The summed E-state index contributed by atoms with van der Waals surface area (Å²) in [7, 11) is 0. The van der Waals surface area contributed by atoms with E-state index in [1.54, 1.807) is 12.1 Å². The number of nitrogens with one attached hydrogen (secondary N) is 1. The van der Waals surface area contributed by atoms with Gasteiger partial charge in [-0.25, -0.2) is 4.79 Å². The topological polar surface area (TPSA) is 77.4 Å². The molecule has 1 aliphatic carbocycles. The molecule has 0 atom stereocenters. The van der Waals surface area contributed by atoms with E-state index in [0.717, 1.165) is 29.8 Å². The van der Waals surface area contributed by atoms with Crippen LogP contribution in [0.5, 0.6) is 0 Å². The van der Waals surface area contributed by atoms with Crippen molar-refractivity contribution >= 4 is 17.7 Å². The predicted molar refractivity (Wildman–Crippen MR) is 106 cm³/mol. The average molecular weight is 382 g/mol. The lowest BCUT2D eigenvalue weighted by Gasteiger charge is -2.08. The van der Waals surface area contributed by atoms with E-state index in [4.69, 9.17) is 4.74 Å². The third-order valence-electron chi connectivity index (χ3n) is 5.01. The maximum absolute atomic E-state index is 12.4. The van der Waals surface area contributed by atoms with Crippen LogP contribution in [0.25, 0.3) is 0 Å². The Hall–Kier alpha value is -2.89. The molecule has 1 N–H and O–H groups in total. The van der Waals surface area contributed by atoms with Crippen molar-refractivity contribution in [2.45, 2.75) is 46.1 Å². The second-order valence-electron chi connectivity index (χ2n) is 7.32. The van der Waals surface area contributed by atoms with Crippen LogP contribution in [0, 0.1) is 13.8 Å². The molecule has 1 fully saturated rings. The molecular formula is C22H26N2O4. The Morgan fingerprint density at radius 3 is 2.43 bits per heavy atom. The number of ketones is 1. The van der Waals surface area contributed by atoms with Crippen molar-refractivity contribution in [3.63, 3.8) is 0 Å². The van der Waals surface area contributed by atoms with Gasteiger partial charge in [-0.05, 0) is 44.7 Å². The van der Waals surface area contributed by atoms with Crippen molar-refractivity contribution < 1.29 is 19.1 Å². The number of aromatic nitrogens is 1. The summed E-state index contributed by atoms with van der Waals surface area (Å²) >= 11 is 0. The molecule has 2 aromatic rings. The molecule has 1 heterocycles. The zero-order valence-corrected chi connectivity index (χ0v) is 16.6. The summed E-state index contributed by atoms with van der Waals surface area (Å²) in [4.78, 5) is 35.6. The lowest BCUT2D eigenvalue weighted by atomic mass is 10.1. The number of hydrogen-bond acceptors (Lipinski definition) is 4. The van der Waals surface area contributed by atoms with Gasteiger partial charge in [-0.2, -0.15) is 0 Å². The van der Waals surface area contributed by atoms with Crippen LogP contribution in [-0.4, -0.2) is 35.4 Å². The van der Waals surface area contributed by atoms with E-state index in [1.165, 1.54) is 6.92 Å². The molecule has 1 aliphatic rings. The maximum Gasteiger partial charge on any atom is 0.340 e. The van der Waals surface area contributed by atoms with Crippen molar-refractivity contribution in [3.8, 4) is 0 Å². The summed E-state index contributed by atoms with van der Waals surface area (Å²) in [5, 5.41) is 2.74. The number of Topliss-reactive ketones (excluding diaryl/α,β-unsaturated/α-hetero) is 1. The van der Waals surface area contributed by atoms with E-state index in [1.807, 2.05) is 32.0 Å². The van der Waals surface area contributed by atoms with Crippen LogP contribution in [0.2, 0.25) is 0 Å². The van der Waals surface area contributed by atoms with Crippen LogP contribution in [0.15, 0.2) is 30.3 Å². The maximum atomic E-state index is 12.4. The number of carbonyl (C=O) groups excluding carboxylic acids is 3. The number of ether oxygens (including phenoxy) is 1. The first-order valence-corrected chi connectivity index (χ1v) is 9.59. The Labute approximate surface area is 164 Å². The van der Waals surface area contributed by atoms with E-state index in [9.17, 15) is 14.4 Å². The molecule has 6 nitrogen and oxygen atoms in total. The molecule has 28 heavy (non-hydrogen) atoms. The molecule has 148 valence electrons. The van der Waals surface area contributed by atoms with Crippen LogP contribution < -0.4 is 5.32 Å². The second kappa shape index (κ2) is 8.42. The Morgan fingerprint density at radius 1 is 1.14 bits per heavy atom. The van der Waals surface area contributed by atoms with Gasteiger partial charge in [0.25, 0.3) is 0 Å². The lowest BCUT2D eigenvalue weighted by molar-refractivity contribution is -0.118. The Morgan fingerprint density at radius 2 is 1.82 bits per heavy atom. The van der Waals surface area contributed by atoms with Crippen LogP contribution >= 0.6 is 0 Å². The summed E-state index contributed by atoms with van der Waals surface area (Å²) in [5.74, 6) is -0.760. The molecule has 0 saturated heterocycles. The first-order valence-electron chi connectivity index (χ1n) is 9.59. The molecule has 0 spiro atoms. The molecule has 1 saturated carbocycles. The lowest BCUT2D eigenvalue weighted by Crippen LogP contribution is -2.22. The highest BCUT2D eigenvalue weighted by Gasteiger charge is 2.28. The number of esters is 1. The third-order valence-corrected chi connectivity index (χ3v) is 5.01. The number of aryl methyl sites for hydroxylation is 1. The van der Waals surface area contributed by atoms with Gasteiger partial charge in [0.15, 0.2) is 12.4 Å². The monoisotopic (exact) mass is 382 g/mol. The molecule has 6 heteroatoms. The van der Waals surface area contributed by atoms with Crippen molar-refractivity contribution in [2.75, 3.05) is 13.2 Å². The van der Waals surface area contributed by atoms with E-state index >= 15 is 0 Å². The quantitative estimate of drug-likeness (QED) is 0.562. The smallest absolute Gasteiger partial charge is 0.340 e. The number of amides is 1. The molecule has 0 aliphatic heterocycles. The van der Waals surface area contributed by atoms with Crippen molar-refractivity contribution in [1.82, 2.24) is 9.88 Å². The molecule has 0 bridgehead atoms. The molecule has 0 unspecified atom stereocenters. The Kier molecular flexibility index (Phi) is 5.97. The highest BCUT2D eigenvalue weighted by Crippen LogP contribution is 2.38. The fraction of sp³-hybridized carbons (Fsp3) is 0.409.